The molecular weight excluding hydrogens is 344 g/mol. The number of carbonyl (C=O) groups is 2. The van der Waals surface area contributed by atoms with Crippen LogP contribution in [0.3, 0.4) is 0 Å². The minimum absolute atomic E-state index is 0.0335. The molecule has 8 nitrogen and oxygen atoms in total. The maximum atomic E-state index is 12.6. The van der Waals surface area contributed by atoms with Gasteiger partial charge in [0.15, 0.2) is 0 Å². The molecule has 9 heteroatoms. The summed E-state index contributed by atoms with van der Waals surface area (Å²) in [5.74, 6) is -0.639. The minimum atomic E-state index is -0.724. The molecule has 1 fully saturated rings. The van der Waals surface area contributed by atoms with Gasteiger partial charge in [0.2, 0.25) is 11.8 Å². The number of hydrogen-bond donors (Lipinski definition) is 2. The Morgan fingerprint density at radius 1 is 1.48 bits per heavy atom. The molecule has 1 unspecified atom stereocenters. The molecule has 2 rings (SSSR count). The van der Waals surface area contributed by atoms with Crippen LogP contribution in [0.4, 0.5) is 5.69 Å². The van der Waals surface area contributed by atoms with E-state index < -0.39 is 10.8 Å². The Hall–Kier alpha value is -2.13. The van der Waals surface area contributed by atoms with Crippen LogP contribution in [0.25, 0.3) is 0 Å². The van der Waals surface area contributed by atoms with Crippen molar-refractivity contribution in [2.75, 3.05) is 25.4 Å². The smallest absolute Gasteiger partial charge is 0.283 e. The van der Waals surface area contributed by atoms with Crippen LogP contribution in [0.1, 0.15) is 30.1 Å². The van der Waals surface area contributed by atoms with Crippen molar-refractivity contribution < 1.29 is 14.5 Å². The predicted octanol–water partition coefficient (Wildman–Crippen LogP) is 1.39. The molecule has 3 N–H and O–H groups in total. The van der Waals surface area contributed by atoms with Crippen molar-refractivity contribution in [3.05, 3.63) is 33.9 Å². The van der Waals surface area contributed by atoms with E-state index in [1.54, 1.807) is 0 Å². The number of carbonyl (C=O) groups excluding carboxylic acids is 2. The molecule has 0 saturated carbocycles. The lowest BCUT2D eigenvalue weighted by Gasteiger charge is -2.28. The number of thioether (sulfide) groups is 1. The summed E-state index contributed by atoms with van der Waals surface area (Å²) in [5, 5.41) is 14.5. The molecule has 1 aromatic rings. The third-order valence-corrected chi connectivity index (χ3v) is 5.10. The van der Waals surface area contributed by atoms with Crippen LogP contribution < -0.4 is 11.1 Å². The second-order valence-corrected chi connectivity index (χ2v) is 6.84. The second-order valence-electron chi connectivity index (χ2n) is 5.83. The highest BCUT2D eigenvalue weighted by atomic mass is 32.2. The summed E-state index contributed by atoms with van der Waals surface area (Å²) >= 11 is 1.11. The Balaban J connectivity index is 2.09. The van der Waals surface area contributed by atoms with Crippen LogP contribution in [0.5, 0.6) is 0 Å². The number of hydrogen-bond acceptors (Lipinski definition) is 6. The summed E-state index contributed by atoms with van der Waals surface area (Å²) in [5.41, 5.74) is 5.03. The molecule has 0 bridgehead atoms. The number of benzene rings is 1. The van der Waals surface area contributed by atoms with Crippen molar-refractivity contribution >= 4 is 29.3 Å². The standard InChI is InChI=1S/C16H22N4O4S/c1-2-7-19(12-5-6-18-9-12)15(21)10-25-14-4-3-11(16(17)22)8-13(14)20(23)24/h3-4,8,12,18H,2,5-7,9-10H2,1H3,(H2,17,22). The van der Waals surface area contributed by atoms with E-state index in [1.165, 1.54) is 12.1 Å². The first-order valence-corrected chi connectivity index (χ1v) is 9.13. The van der Waals surface area contributed by atoms with Gasteiger partial charge in [-0.1, -0.05) is 6.92 Å². The summed E-state index contributed by atoms with van der Waals surface area (Å²) in [6, 6.07) is 4.24. The lowest BCUT2D eigenvalue weighted by atomic mass is 10.2. The van der Waals surface area contributed by atoms with Crippen molar-refractivity contribution in [1.29, 1.82) is 0 Å². The summed E-state index contributed by atoms with van der Waals surface area (Å²) in [6.45, 7) is 4.37. The molecule has 1 heterocycles. The number of nitro benzene ring substituents is 1. The van der Waals surface area contributed by atoms with Crippen molar-refractivity contribution in [2.24, 2.45) is 5.73 Å². The van der Waals surface area contributed by atoms with Gasteiger partial charge in [0.1, 0.15) is 0 Å². The summed E-state index contributed by atoms with van der Waals surface area (Å²) in [4.78, 5) is 36.6. The topological polar surface area (TPSA) is 119 Å². The summed E-state index contributed by atoms with van der Waals surface area (Å²) in [7, 11) is 0. The van der Waals surface area contributed by atoms with Gasteiger partial charge in [-0.25, -0.2) is 0 Å². The number of primary amides is 1. The highest BCUT2D eigenvalue weighted by molar-refractivity contribution is 8.00. The van der Waals surface area contributed by atoms with Crippen LogP contribution >= 0.6 is 11.8 Å². The fourth-order valence-electron chi connectivity index (χ4n) is 2.82. The monoisotopic (exact) mass is 366 g/mol. The maximum Gasteiger partial charge on any atom is 0.283 e. The number of nitrogens with two attached hydrogens (primary N) is 1. The molecule has 1 aliphatic rings. The zero-order chi connectivity index (χ0) is 18.4. The number of rotatable bonds is 8. The van der Waals surface area contributed by atoms with Crippen molar-refractivity contribution in [2.45, 2.75) is 30.7 Å². The van der Waals surface area contributed by atoms with Crippen molar-refractivity contribution in [3.8, 4) is 0 Å². The third-order valence-electron chi connectivity index (χ3n) is 4.05. The van der Waals surface area contributed by atoms with E-state index in [0.717, 1.165) is 43.8 Å². The van der Waals surface area contributed by atoms with E-state index in [1.807, 2.05) is 11.8 Å². The van der Waals surface area contributed by atoms with E-state index in [2.05, 4.69) is 5.32 Å². The first-order valence-electron chi connectivity index (χ1n) is 8.15. The van der Waals surface area contributed by atoms with E-state index in [9.17, 15) is 19.7 Å². The van der Waals surface area contributed by atoms with Gasteiger partial charge in [-0.3, -0.25) is 19.7 Å². The molecule has 136 valence electrons. The zero-order valence-electron chi connectivity index (χ0n) is 14.1. The van der Waals surface area contributed by atoms with Crippen molar-refractivity contribution in [3.63, 3.8) is 0 Å². The SMILES string of the molecule is CCCN(C(=O)CSc1ccc(C(N)=O)cc1[N+](=O)[O-])C1CCNC1. The van der Waals surface area contributed by atoms with E-state index in [0.29, 0.717) is 11.4 Å². The average Bonchev–Trinajstić information content (AvgIpc) is 3.11. The zero-order valence-corrected chi connectivity index (χ0v) is 14.9. The van der Waals surface area contributed by atoms with Crippen LogP contribution in [-0.2, 0) is 4.79 Å². The summed E-state index contributed by atoms with van der Waals surface area (Å²) in [6.07, 6.45) is 1.78. The van der Waals surface area contributed by atoms with Crippen LogP contribution in [0.2, 0.25) is 0 Å². The average molecular weight is 366 g/mol. The molecule has 1 aromatic carbocycles. The van der Waals surface area contributed by atoms with Gasteiger partial charge in [0.25, 0.3) is 5.69 Å². The Labute approximate surface area is 150 Å². The Bertz CT molecular complexity index is 662. The number of nitrogens with one attached hydrogen (secondary N) is 1. The van der Waals surface area contributed by atoms with Gasteiger partial charge >= 0.3 is 0 Å². The minimum Gasteiger partial charge on any atom is -0.366 e. The van der Waals surface area contributed by atoms with E-state index in [4.69, 9.17) is 5.73 Å². The number of nitro groups is 1. The van der Waals surface area contributed by atoms with Gasteiger partial charge in [-0.2, -0.15) is 0 Å². The molecule has 1 atom stereocenters. The maximum absolute atomic E-state index is 12.6. The quantitative estimate of drug-likeness (QED) is 0.408. The highest BCUT2D eigenvalue weighted by Crippen LogP contribution is 2.30. The molecule has 0 aromatic heterocycles. The lowest BCUT2D eigenvalue weighted by molar-refractivity contribution is -0.387. The first-order chi connectivity index (χ1) is 11.9. The Kier molecular flexibility index (Phi) is 6.77. The van der Waals surface area contributed by atoms with Crippen molar-refractivity contribution in [1.82, 2.24) is 10.2 Å². The molecule has 25 heavy (non-hydrogen) atoms. The largest absolute Gasteiger partial charge is 0.366 e. The molecule has 0 spiro atoms. The van der Waals surface area contributed by atoms with Crippen LogP contribution in [0, 0.1) is 10.1 Å². The van der Waals surface area contributed by atoms with Gasteiger partial charge in [-0.05, 0) is 31.5 Å². The fraction of sp³-hybridized carbons (Fsp3) is 0.500. The van der Waals surface area contributed by atoms with E-state index in [-0.39, 0.29) is 29.0 Å². The third kappa shape index (κ3) is 4.93. The van der Waals surface area contributed by atoms with Gasteiger partial charge < -0.3 is 16.0 Å². The molecule has 1 aliphatic heterocycles. The van der Waals surface area contributed by atoms with Crippen LogP contribution in [-0.4, -0.2) is 53.1 Å². The predicted molar refractivity (Wildman–Crippen MR) is 95.6 cm³/mol. The first kappa shape index (κ1) is 19.2. The van der Waals surface area contributed by atoms with Gasteiger partial charge in [0, 0.05) is 30.8 Å². The van der Waals surface area contributed by atoms with Gasteiger partial charge in [-0.15, -0.1) is 11.8 Å². The molecule has 1 saturated heterocycles. The summed E-state index contributed by atoms with van der Waals surface area (Å²) < 4.78 is 0. The molecule has 2 amide bonds. The number of nitrogens with zero attached hydrogens (tertiary/aromatic N) is 2. The molecular formula is C16H22N4O4S. The fourth-order valence-corrected chi connectivity index (χ4v) is 3.71. The normalized spacial score (nSPS) is 16.6. The Morgan fingerprint density at radius 3 is 2.80 bits per heavy atom. The molecule has 0 aliphatic carbocycles. The van der Waals surface area contributed by atoms with Crippen LogP contribution in [0.15, 0.2) is 23.1 Å². The second kappa shape index (κ2) is 8.82. The number of amides is 2. The van der Waals surface area contributed by atoms with E-state index >= 15 is 0 Å². The Morgan fingerprint density at radius 2 is 2.24 bits per heavy atom. The molecule has 0 radical (unpaired) electrons. The van der Waals surface area contributed by atoms with Gasteiger partial charge in [0.05, 0.1) is 15.6 Å². The highest BCUT2D eigenvalue weighted by Gasteiger charge is 2.26. The lowest BCUT2D eigenvalue weighted by Crippen LogP contribution is -2.43.